The number of aryl methyl sites for hydroxylation is 1. The highest BCUT2D eigenvalue weighted by Crippen LogP contribution is 2.26. The van der Waals surface area contributed by atoms with Gasteiger partial charge in [0.15, 0.2) is 0 Å². The van der Waals surface area contributed by atoms with Crippen molar-refractivity contribution >= 4 is 28.1 Å². The van der Waals surface area contributed by atoms with Crippen LogP contribution in [0.25, 0.3) is 0 Å². The molecule has 1 aliphatic heterocycles. The highest BCUT2D eigenvalue weighted by Gasteiger charge is 2.31. The summed E-state index contributed by atoms with van der Waals surface area (Å²) < 4.78 is 26.7. The number of sulfonamides is 1. The molecule has 22 heavy (non-hydrogen) atoms. The van der Waals surface area contributed by atoms with Gasteiger partial charge in [0.05, 0.1) is 9.82 Å². The van der Waals surface area contributed by atoms with Crippen molar-refractivity contribution in [3.05, 3.63) is 33.9 Å². The van der Waals surface area contributed by atoms with Crippen LogP contribution in [0.2, 0.25) is 0 Å². The number of halogens is 1. The largest absolute Gasteiger partial charge is 0.317 e. The van der Waals surface area contributed by atoms with E-state index in [0.717, 1.165) is 18.9 Å². The van der Waals surface area contributed by atoms with Gasteiger partial charge in [-0.25, -0.2) is 8.42 Å². The van der Waals surface area contributed by atoms with E-state index in [1.807, 2.05) is 7.05 Å². The van der Waals surface area contributed by atoms with Gasteiger partial charge in [-0.15, -0.1) is 12.4 Å². The maximum Gasteiger partial charge on any atom is 0.270 e. The lowest BCUT2D eigenvalue weighted by atomic mass is 10.1. The second-order valence-electron chi connectivity index (χ2n) is 5.17. The van der Waals surface area contributed by atoms with Gasteiger partial charge in [-0.3, -0.25) is 10.1 Å². The first-order valence-corrected chi connectivity index (χ1v) is 8.22. The van der Waals surface area contributed by atoms with Crippen LogP contribution in [0.3, 0.4) is 0 Å². The molecular formula is C13H20ClN3O4S. The van der Waals surface area contributed by atoms with Crippen molar-refractivity contribution in [2.45, 2.75) is 30.7 Å². The van der Waals surface area contributed by atoms with Gasteiger partial charge in [0.1, 0.15) is 0 Å². The smallest absolute Gasteiger partial charge is 0.270 e. The van der Waals surface area contributed by atoms with E-state index in [1.54, 1.807) is 6.92 Å². The molecule has 1 fully saturated rings. The third-order valence-electron chi connectivity index (χ3n) is 3.86. The number of nitrogens with one attached hydrogen (secondary N) is 1. The lowest BCUT2D eigenvalue weighted by Gasteiger charge is -2.31. The lowest BCUT2D eigenvalue weighted by Crippen LogP contribution is -2.44. The van der Waals surface area contributed by atoms with Crippen molar-refractivity contribution in [3.63, 3.8) is 0 Å². The van der Waals surface area contributed by atoms with E-state index in [1.165, 1.54) is 16.4 Å². The number of piperidine rings is 1. The molecule has 7 nitrogen and oxygen atoms in total. The molecule has 124 valence electrons. The summed E-state index contributed by atoms with van der Waals surface area (Å²) in [5.74, 6) is 0. The van der Waals surface area contributed by atoms with Gasteiger partial charge in [0, 0.05) is 31.3 Å². The molecule has 0 unspecified atom stereocenters. The number of nitro benzene ring substituents is 1. The minimum absolute atomic E-state index is 0. The second kappa shape index (κ2) is 7.36. The Bertz CT molecular complexity index is 643. The molecule has 1 N–H and O–H groups in total. The fraction of sp³-hybridized carbons (Fsp3) is 0.538. The highest BCUT2D eigenvalue weighted by molar-refractivity contribution is 7.89. The Morgan fingerprint density at radius 2 is 1.91 bits per heavy atom. The summed E-state index contributed by atoms with van der Waals surface area (Å²) in [6, 6.07) is 4.27. The van der Waals surface area contributed by atoms with Crippen LogP contribution in [-0.4, -0.2) is 43.8 Å². The Morgan fingerprint density at radius 1 is 1.32 bits per heavy atom. The molecule has 1 aromatic carbocycles. The van der Waals surface area contributed by atoms with Gasteiger partial charge in [-0.2, -0.15) is 4.31 Å². The monoisotopic (exact) mass is 349 g/mol. The van der Waals surface area contributed by atoms with E-state index in [4.69, 9.17) is 0 Å². The van der Waals surface area contributed by atoms with Gasteiger partial charge in [-0.05, 0) is 32.4 Å². The van der Waals surface area contributed by atoms with Gasteiger partial charge >= 0.3 is 0 Å². The number of hydrogen-bond acceptors (Lipinski definition) is 5. The Hall–Kier alpha value is -1.22. The zero-order valence-corrected chi connectivity index (χ0v) is 14.1. The first-order valence-electron chi connectivity index (χ1n) is 6.78. The molecule has 0 radical (unpaired) electrons. The Morgan fingerprint density at radius 3 is 2.41 bits per heavy atom. The molecular weight excluding hydrogens is 330 g/mol. The molecule has 0 bridgehead atoms. The predicted molar refractivity (Wildman–Crippen MR) is 85.9 cm³/mol. The van der Waals surface area contributed by atoms with Crippen LogP contribution in [0.5, 0.6) is 0 Å². The third kappa shape index (κ3) is 3.75. The highest BCUT2D eigenvalue weighted by atomic mass is 35.5. The lowest BCUT2D eigenvalue weighted by molar-refractivity contribution is -0.385. The number of non-ortho nitro benzene ring substituents is 1. The van der Waals surface area contributed by atoms with Gasteiger partial charge in [0.2, 0.25) is 10.0 Å². The van der Waals surface area contributed by atoms with Crippen molar-refractivity contribution in [1.29, 1.82) is 0 Å². The summed E-state index contributed by atoms with van der Waals surface area (Å²) in [6.45, 7) is 2.50. The number of rotatable bonds is 4. The van der Waals surface area contributed by atoms with Crippen LogP contribution in [0, 0.1) is 17.0 Å². The minimum atomic E-state index is -3.68. The Labute approximate surface area is 136 Å². The molecule has 1 heterocycles. The molecule has 0 aromatic heterocycles. The van der Waals surface area contributed by atoms with Crippen LogP contribution in [0.15, 0.2) is 23.1 Å². The summed E-state index contributed by atoms with van der Waals surface area (Å²) in [7, 11) is -1.82. The SMILES string of the molecule is CNC1CCN(S(=O)(=O)c2cc([N+](=O)[O-])ccc2C)CC1.Cl. The summed E-state index contributed by atoms with van der Waals surface area (Å²) in [5, 5.41) is 14.0. The molecule has 1 aliphatic rings. The Balaban J connectivity index is 0.00000242. The fourth-order valence-electron chi connectivity index (χ4n) is 2.50. The van der Waals surface area contributed by atoms with Crippen molar-refractivity contribution in [2.75, 3.05) is 20.1 Å². The van der Waals surface area contributed by atoms with Crippen LogP contribution in [0.4, 0.5) is 5.69 Å². The summed E-state index contributed by atoms with van der Waals surface area (Å²) in [5.41, 5.74) is 0.320. The van der Waals surface area contributed by atoms with Gasteiger partial charge in [0.25, 0.3) is 5.69 Å². The zero-order chi connectivity index (χ0) is 15.6. The summed E-state index contributed by atoms with van der Waals surface area (Å²) in [4.78, 5) is 10.3. The van der Waals surface area contributed by atoms with E-state index in [2.05, 4.69) is 5.32 Å². The van der Waals surface area contributed by atoms with Gasteiger partial charge < -0.3 is 5.32 Å². The first-order chi connectivity index (χ1) is 9.86. The maximum absolute atomic E-state index is 12.7. The molecule has 1 aromatic rings. The van der Waals surface area contributed by atoms with E-state index < -0.39 is 14.9 Å². The molecule has 0 aliphatic carbocycles. The molecule has 0 amide bonds. The van der Waals surface area contributed by atoms with Gasteiger partial charge in [-0.1, -0.05) is 6.07 Å². The number of hydrogen-bond donors (Lipinski definition) is 1. The third-order valence-corrected chi connectivity index (χ3v) is 5.90. The average Bonchev–Trinajstić information content (AvgIpc) is 2.47. The topological polar surface area (TPSA) is 92.6 Å². The second-order valence-corrected chi connectivity index (χ2v) is 7.08. The van der Waals surface area contributed by atoms with Crippen LogP contribution in [-0.2, 0) is 10.0 Å². The molecule has 9 heteroatoms. The normalized spacial score (nSPS) is 17.0. The summed E-state index contributed by atoms with van der Waals surface area (Å²) >= 11 is 0. The molecule has 1 saturated heterocycles. The number of benzene rings is 1. The number of nitro groups is 1. The van der Waals surface area contributed by atoms with Crippen molar-refractivity contribution in [3.8, 4) is 0 Å². The molecule has 0 atom stereocenters. The fourth-order valence-corrected chi connectivity index (χ4v) is 4.22. The Kier molecular flexibility index (Phi) is 6.30. The molecule has 0 saturated carbocycles. The molecule has 0 spiro atoms. The number of nitrogens with zero attached hydrogens (tertiary/aromatic N) is 2. The quantitative estimate of drug-likeness (QED) is 0.659. The van der Waals surface area contributed by atoms with Crippen molar-refractivity contribution in [2.24, 2.45) is 0 Å². The van der Waals surface area contributed by atoms with Crippen molar-refractivity contribution < 1.29 is 13.3 Å². The average molecular weight is 350 g/mol. The summed E-state index contributed by atoms with van der Waals surface area (Å²) in [6.07, 6.45) is 1.48. The van der Waals surface area contributed by atoms with Crippen LogP contribution in [0.1, 0.15) is 18.4 Å². The zero-order valence-electron chi connectivity index (χ0n) is 12.5. The van der Waals surface area contributed by atoms with E-state index in [-0.39, 0.29) is 23.0 Å². The maximum atomic E-state index is 12.7. The first kappa shape index (κ1) is 18.8. The predicted octanol–water partition coefficient (Wildman–Crippen LogP) is 1.70. The van der Waals surface area contributed by atoms with E-state index >= 15 is 0 Å². The van der Waals surface area contributed by atoms with Crippen molar-refractivity contribution in [1.82, 2.24) is 9.62 Å². The van der Waals surface area contributed by atoms with E-state index in [0.29, 0.717) is 24.7 Å². The van der Waals surface area contributed by atoms with E-state index in [9.17, 15) is 18.5 Å². The molecule has 2 rings (SSSR count). The minimum Gasteiger partial charge on any atom is -0.317 e. The van der Waals surface area contributed by atoms with Crippen LogP contribution < -0.4 is 5.32 Å². The standard InChI is InChI=1S/C13H19N3O4S.ClH/c1-10-3-4-12(16(17)18)9-13(10)21(19,20)15-7-5-11(14-2)6-8-15;/h3-4,9,11,14H,5-8H2,1-2H3;1H. The van der Waals surface area contributed by atoms with Crippen LogP contribution >= 0.6 is 12.4 Å².